The van der Waals surface area contributed by atoms with Crippen LogP contribution in [0.2, 0.25) is 0 Å². The first kappa shape index (κ1) is 6.36. The monoisotopic (exact) mass is 128 g/mol. The van der Waals surface area contributed by atoms with Crippen molar-refractivity contribution in [3.05, 3.63) is 0 Å². The molecule has 6 heavy (non-hydrogen) atoms. The SMILES string of the molecule is O=S([O-])NCCl. The van der Waals surface area contributed by atoms with Crippen LogP contribution < -0.4 is 4.72 Å². The quantitative estimate of drug-likeness (QED) is 0.312. The van der Waals surface area contributed by atoms with Crippen LogP contribution in [0.1, 0.15) is 0 Å². The van der Waals surface area contributed by atoms with Gasteiger partial charge in [-0.1, -0.05) is 0 Å². The van der Waals surface area contributed by atoms with Gasteiger partial charge in [-0.15, -0.1) is 11.6 Å². The highest BCUT2D eigenvalue weighted by Crippen LogP contribution is 1.65. The molecule has 0 spiro atoms. The summed E-state index contributed by atoms with van der Waals surface area (Å²) in [7, 11) is 0. The molecular weight excluding hydrogens is 126 g/mol. The Morgan fingerprint density at radius 3 is 2.50 bits per heavy atom. The van der Waals surface area contributed by atoms with E-state index in [1.807, 2.05) is 4.72 Å². The summed E-state index contributed by atoms with van der Waals surface area (Å²) in [6, 6.07) is -0.0594. The molecule has 1 N–H and O–H groups in total. The Morgan fingerprint density at radius 2 is 2.50 bits per heavy atom. The van der Waals surface area contributed by atoms with E-state index in [9.17, 15) is 8.76 Å². The lowest BCUT2D eigenvalue weighted by atomic mass is 11.6. The maximum Gasteiger partial charge on any atom is 0.0818 e. The van der Waals surface area contributed by atoms with Crippen LogP contribution >= 0.6 is 11.6 Å². The maximum absolute atomic E-state index is 9.40. The number of halogens is 1. The largest absolute Gasteiger partial charge is 0.760 e. The van der Waals surface area contributed by atoms with Gasteiger partial charge < -0.3 is 4.55 Å². The van der Waals surface area contributed by atoms with E-state index in [4.69, 9.17) is 11.6 Å². The first-order valence-corrected chi connectivity index (χ1v) is 2.77. The first-order valence-electron chi connectivity index (χ1n) is 1.16. The van der Waals surface area contributed by atoms with E-state index in [1.54, 1.807) is 0 Å². The Balaban J connectivity index is 2.83. The van der Waals surface area contributed by atoms with Crippen LogP contribution in [0.4, 0.5) is 0 Å². The van der Waals surface area contributed by atoms with Crippen molar-refractivity contribution < 1.29 is 8.76 Å². The Labute approximate surface area is 43.1 Å². The molecule has 0 radical (unpaired) electrons. The van der Waals surface area contributed by atoms with Gasteiger partial charge in [0.05, 0.1) is 6.00 Å². The highest BCUT2D eigenvalue weighted by Gasteiger charge is 1.70. The zero-order valence-electron chi connectivity index (χ0n) is 2.81. The summed E-state index contributed by atoms with van der Waals surface area (Å²) in [6.45, 7) is 0. The number of rotatable bonds is 2. The topological polar surface area (TPSA) is 52.2 Å². The average Bonchev–Trinajstić information content (AvgIpc) is 1.35. The lowest BCUT2D eigenvalue weighted by Gasteiger charge is -1.99. The van der Waals surface area contributed by atoms with Gasteiger partial charge in [0, 0.05) is 11.3 Å². The molecule has 3 nitrogen and oxygen atoms in total. The van der Waals surface area contributed by atoms with Crippen molar-refractivity contribution in [2.75, 3.05) is 6.00 Å². The molecule has 1 unspecified atom stereocenters. The summed E-state index contributed by atoms with van der Waals surface area (Å²) in [5.74, 6) is 0. The summed E-state index contributed by atoms with van der Waals surface area (Å²) >= 11 is 2.69. The van der Waals surface area contributed by atoms with E-state index < -0.39 is 11.3 Å². The summed E-state index contributed by atoms with van der Waals surface area (Å²) < 4.78 is 20.7. The van der Waals surface area contributed by atoms with Gasteiger partial charge in [-0.3, -0.25) is 4.21 Å². The van der Waals surface area contributed by atoms with Gasteiger partial charge in [-0.05, 0) is 0 Å². The van der Waals surface area contributed by atoms with E-state index in [1.165, 1.54) is 0 Å². The molecule has 0 aromatic carbocycles. The van der Waals surface area contributed by atoms with Crippen LogP contribution in [0.5, 0.6) is 0 Å². The highest BCUT2D eigenvalue weighted by molar-refractivity contribution is 7.77. The minimum Gasteiger partial charge on any atom is -0.760 e. The van der Waals surface area contributed by atoms with Crippen molar-refractivity contribution in [1.29, 1.82) is 0 Å². The molecular formula is CH3ClNO2S-. The molecule has 0 aliphatic heterocycles. The third-order valence-corrected chi connectivity index (χ3v) is 0.845. The molecule has 0 saturated heterocycles. The lowest BCUT2D eigenvalue weighted by molar-refractivity contribution is 0.527. The molecule has 0 aliphatic carbocycles. The number of nitrogens with one attached hydrogen (secondary N) is 1. The van der Waals surface area contributed by atoms with Crippen molar-refractivity contribution >= 4 is 22.9 Å². The van der Waals surface area contributed by atoms with Gasteiger partial charge in [0.15, 0.2) is 0 Å². The highest BCUT2D eigenvalue weighted by atomic mass is 35.5. The number of alkyl halides is 1. The van der Waals surface area contributed by atoms with Gasteiger partial charge >= 0.3 is 0 Å². The summed E-state index contributed by atoms with van der Waals surface area (Å²) in [4.78, 5) is 0. The summed E-state index contributed by atoms with van der Waals surface area (Å²) in [6.07, 6.45) is 0. The maximum atomic E-state index is 9.40. The molecule has 0 heterocycles. The minimum atomic E-state index is -2.20. The second-order valence-electron chi connectivity index (χ2n) is 0.513. The molecule has 1 atom stereocenters. The molecule has 0 aliphatic rings. The van der Waals surface area contributed by atoms with Crippen molar-refractivity contribution in [2.24, 2.45) is 0 Å². The van der Waals surface area contributed by atoms with Crippen LogP contribution in [0.15, 0.2) is 0 Å². The summed E-state index contributed by atoms with van der Waals surface area (Å²) in [5, 5.41) is 0. The van der Waals surface area contributed by atoms with Gasteiger partial charge in [0.25, 0.3) is 0 Å². The zero-order chi connectivity index (χ0) is 4.99. The van der Waals surface area contributed by atoms with Gasteiger partial charge in [0.1, 0.15) is 0 Å². The fraction of sp³-hybridized carbons (Fsp3) is 1.00. The molecule has 0 fully saturated rings. The Hall–Kier alpha value is 0.360. The molecule has 0 aromatic heterocycles. The molecule has 0 aromatic rings. The van der Waals surface area contributed by atoms with Crippen molar-refractivity contribution in [3.63, 3.8) is 0 Å². The fourth-order valence-electron chi connectivity index (χ4n) is 0.0445. The molecule has 0 saturated carbocycles. The minimum absolute atomic E-state index is 0.0594. The predicted octanol–water partition coefficient (Wildman–Crippen LogP) is -0.434. The van der Waals surface area contributed by atoms with Crippen LogP contribution in [-0.4, -0.2) is 14.8 Å². The second-order valence-corrected chi connectivity index (χ2v) is 1.54. The van der Waals surface area contributed by atoms with Gasteiger partial charge in [0.2, 0.25) is 0 Å². The van der Waals surface area contributed by atoms with E-state index in [2.05, 4.69) is 0 Å². The molecule has 5 heteroatoms. The predicted molar refractivity (Wildman–Crippen MR) is 22.8 cm³/mol. The van der Waals surface area contributed by atoms with Crippen LogP contribution in [0, 0.1) is 0 Å². The zero-order valence-corrected chi connectivity index (χ0v) is 4.38. The number of hydrogen-bond acceptors (Lipinski definition) is 2. The lowest BCUT2D eigenvalue weighted by Crippen LogP contribution is -2.12. The van der Waals surface area contributed by atoms with Crippen molar-refractivity contribution in [1.82, 2.24) is 4.72 Å². The van der Waals surface area contributed by atoms with Crippen molar-refractivity contribution in [3.8, 4) is 0 Å². The van der Waals surface area contributed by atoms with Crippen LogP contribution in [-0.2, 0) is 11.3 Å². The average molecular weight is 129 g/mol. The molecule has 0 amide bonds. The number of hydrogen-bond donors (Lipinski definition) is 1. The Bertz CT molecular complexity index is 57.5. The fourth-order valence-corrected chi connectivity index (χ4v) is 0.401. The van der Waals surface area contributed by atoms with E-state index in [0.29, 0.717) is 0 Å². The third-order valence-electron chi connectivity index (χ3n) is 0.172. The third kappa shape index (κ3) is 4.36. The van der Waals surface area contributed by atoms with E-state index in [0.717, 1.165) is 0 Å². The van der Waals surface area contributed by atoms with Gasteiger partial charge in [-0.2, -0.15) is 0 Å². The van der Waals surface area contributed by atoms with E-state index >= 15 is 0 Å². The smallest absolute Gasteiger partial charge is 0.0818 e. The summed E-state index contributed by atoms with van der Waals surface area (Å²) in [5.41, 5.74) is 0. The Morgan fingerprint density at radius 1 is 2.00 bits per heavy atom. The normalized spacial score (nSPS) is 14.3. The van der Waals surface area contributed by atoms with Crippen LogP contribution in [0.3, 0.4) is 0 Å². The molecule has 38 valence electrons. The van der Waals surface area contributed by atoms with Crippen LogP contribution in [0.25, 0.3) is 0 Å². The van der Waals surface area contributed by atoms with Gasteiger partial charge in [-0.25, -0.2) is 4.72 Å². The standard InChI is InChI=1S/CH4ClNO2S/c2-1-3-6(4)5/h3H,1H2,(H,4,5)/p-1. The van der Waals surface area contributed by atoms with E-state index in [-0.39, 0.29) is 6.00 Å². The first-order chi connectivity index (χ1) is 2.77. The second kappa shape index (κ2) is 3.55. The molecule has 0 rings (SSSR count). The Kier molecular flexibility index (Phi) is 3.76. The van der Waals surface area contributed by atoms with Crippen molar-refractivity contribution in [2.45, 2.75) is 0 Å². The molecule has 0 bridgehead atoms.